The van der Waals surface area contributed by atoms with Gasteiger partial charge >= 0.3 is 0 Å². The average Bonchev–Trinajstić information content (AvgIpc) is 2.64. The van der Waals surface area contributed by atoms with Gasteiger partial charge in [0.05, 0.1) is 0 Å². The first-order valence-corrected chi connectivity index (χ1v) is 8.95. The van der Waals surface area contributed by atoms with Gasteiger partial charge in [-0.25, -0.2) is 15.0 Å². The molecule has 0 radical (unpaired) electrons. The van der Waals surface area contributed by atoms with Crippen molar-refractivity contribution in [3.05, 3.63) is 40.6 Å². The summed E-state index contributed by atoms with van der Waals surface area (Å²) in [6, 6.07) is 7.02. The molecule has 1 aliphatic rings. The van der Waals surface area contributed by atoms with Crippen LogP contribution in [0.4, 0.5) is 17.3 Å². The summed E-state index contributed by atoms with van der Waals surface area (Å²) >= 11 is 3.34. The van der Waals surface area contributed by atoms with Gasteiger partial charge < -0.3 is 16.1 Å². The van der Waals surface area contributed by atoms with Crippen LogP contribution < -0.4 is 22.0 Å². The summed E-state index contributed by atoms with van der Waals surface area (Å²) in [5, 5.41) is 2.06. The highest BCUT2D eigenvalue weighted by atomic mass is 79.9. The summed E-state index contributed by atoms with van der Waals surface area (Å²) in [7, 11) is 2.09. The van der Waals surface area contributed by atoms with Crippen molar-refractivity contribution >= 4 is 39.2 Å². The van der Waals surface area contributed by atoms with Gasteiger partial charge in [-0.2, -0.15) is 0 Å². The number of nitrogens with zero attached hydrogens (tertiary/aromatic N) is 4. The third kappa shape index (κ3) is 4.59. The summed E-state index contributed by atoms with van der Waals surface area (Å²) in [5.74, 6) is 0.552. The maximum Gasteiger partial charge on any atom is 0.269 e. The number of piperazine rings is 1. The zero-order valence-electron chi connectivity index (χ0n) is 14.4. The molecule has 138 valence electrons. The second-order valence-corrected chi connectivity index (χ2v) is 6.89. The highest BCUT2D eigenvalue weighted by Crippen LogP contribution is 2.22. The lowest BCUT2D eigenvalue weighted by atomic mass is 10.2. The largest absolute Gasteiger partial charge is 0.393 e. The maximum absolute atomic E-state index is 12.2. The molecular weight excluding hydrogens is 400 g/mol. The molecule has 0 spiro atoms. The van der Waals surface area contributed by atoms with Gasteiger partial charge in [0.25, 0.3) is 5.91 Å². The quantitative estimate of drug-likeness (QED) is 0.533. The van der Waals surface area contributed by atoms with Gasteiger partial charge in [0.2, 0.25) is 0 Å². The number of nitrogens with two attached hydrogens (primary N) is 1. The van der Waals surface area contributed by atoms with Crippen molar-refractivity contribution in [2.75, 3.05) is 49.8 Å². The Morgan fingerprint density at radius 2 is 1.77 bits per heavy atom. The zero-order chi connectivity index (χ0) is 18.5. The van der Waals surface area contributed by atoms with Crippen molar-refractivity contribution in [3.63, 3.8) is 0 Å². The van der Waals surface area contributed by atoms with Gasteiger partial charge in [-0.05, 0) is 31.3 Å². The van der Waals surface area contributed by atoms with Crippen LogP contribution in [0.2, 0.25) is 0 Å². The number of carbonyl (C=O) groups excluding carboxylic acids is 1. The Bertz CT molecular complexity index is 761. The van der Waals surface area contributed by atoms with Crippen LogP contribution >= 0.6 is 15.9 Å². The maximum atomic E-state index is 12.2. The van der Waals surface area contributed by atoms with Gasteiger partial charge in [0.15, 0.2) is 11.6 Å². The molecule has 1 aromatic heterocycles. The number of rotatable bonds is 5. The molecule has 9 nitrogen and oxygen atoms in total. The van der Waals surface area contributed by atoms with E-state index in [9.17, 15) is 4.79 Å². The highest BCUT2D eigenvalue weighted by Gasteiger charge is 2.16. The average molecular weight is 421 g/mol. The van der Waals surface area contributed by atoms with Gasteiger partial charge in [0.1, 0.15) is 12.0 Å². The van der Waals surface area contributed by atoms with Gasteiger partial charge in [0, 0.05) is 36.2 Å². The van der Waals surface area contributed by atoms with E-state index in [1.165, 1.54) is 6.33 Å². The van der Waals surface area contributed by atoms with Crippen molar-refractivity contribution in [1.82, 2.24) is 25.3 Å². The highest BCUT2D eigenvalue weighted by molar-refractivity contribution is 9.10. The lowest BCUT2D eigenvalue weighted by molar-refractivity contribution is 0.0962. The molecule has 0 unspecified atom stereocenters. The fraction of sp³-hybridized carbons (Fsp3) is 0.312. The Balaban J connectivity index is 1.61. The lowest BCUT2D eigenvalue weighted by Gasteiger charge is -2.32. The number of carbonyl (C=O) groups is 1. The molecule has 26 heavy (non-hydrogen) atoms. The Morgan fingerprint density at radius 1 is 1.12 bits per heavy atom. The number of likely N-dealkylation sites (N-methyl/N-ethyl adjacent to an activating group) is 1. The number of halogens is 1. The van der Waals surface area contributed by atoms with E-state index in [1.54, 1.807) is 24.3 Å². The van der Waals surface area contributed by atoms with E-state index in [-0.39, 0.29) is 5.91 Å². The van der Waals surface area contributed by atoms with Crippen LogP contribution in [0.5, 0.6) is 0 Å². The summed E-state index contributed by atoms with van der Waals surface area (Å²) in [5.41, 5.74) is 15.5. The third-order valence-corrected chi connectivity index (χ3v) is 4.58. The molecule has 1 aromatic carbocycles. The summed E-state index contributed by atoms with van der Waals surface area (Å²) in [4.78, 5) is 22.7. The van der Waals surface area contributed by atoms with Gasteiger partial charge in [-0.3, -0.25) is 15.6 Å². The fourth-order valence-corrected chi connectivity index (χ4v) is 2.71. The summed E-state index contributed by atoms with van der Waals surface area (Å²) in [6.07, 6.45) is 1.39. The number of hydrazine groups is 2. The van der Waals surface area contributed by atoms with Crippen molar-refractivity contribution in [2.45, 2.75) is 0 Å². The second kappa shape index (κ2) is 8.30. The van der Waals surface area contributed by atoms with Gasteiger partial charge in [-0.1, -0.05) is 15.9 Å². The van der Waals surface area contributed by atoms with E-state index < -0.39 is 0 Å². The topological polar surface area (TPSA) is 111 Å². The number of amides is 1. The number of hydrogen-bond donors (Lipinski definition) is 4. The monoisotopic (exact) mass is 420 g/mol. The number of benzene rings is 1. The van der Waals surface area contributed by atoms with Crippen LogP contribution in [0.15, 0.2) is 35.1 Å². The molecule has 1 aliphatic heterocycles. The van der Waals surface area contributed by atoms with E-state index in [1.807, 2.05) is 0 Å². The van der Waals surface area contributed by atoms with Crippen LogP contribution in [0.1, 0.15) is 10.4 Å². The minimum absolute atomic E-state index is 0.288. The molecule has 1 saturated heterocycles. The molecule has 3 rings (SSSR count). The Labute approximate surface area is 160 Å². The Morgan fingerprint density at radius 3 is 2.46 bits per heavy atom. The number of anilines is 3. The first-order chi connectivity index (χ1) is 12.5. The Hall–Kier alpha value is -2.43. The number of hydrogen-bond acceptors (Lipinski definition) is 8. The molecule has 0 aliphatic carbocycles. The van der Waals surface area contributed by atoms with Crippen molar-refractivity contribution in [1.29, 1.82) is 0 Å². The van der Waals surface area contributed by atoms with E-state index >= 15 is 0 Å². The minimum Gasteiger partial charge on any atom is -0.393 e. The molecule has 0 saturated carbocycles. The van der Waals surface area contributed by atoms with E-state index in [0.29, 0.717) is 22.9 Å². The van der Waals surface area contributed by atoms with Crippen LogP contribution in [0.3, 0.4) is 0 Å². The normalized spacial score (nSPS) is 15.5. The van der Waals surface area contributed by atoms with Crippen molar-refractivity contribution in [2.24, 2.45) is 0 Å². The van der Waals surface area contributed by atoms with Crippen molar-refractivity contribution in [3.8, 4) is 0 Å². The van der Waals surface area contributed by atoms with Crippen LogP contribution in [0.25, 0.3) is 0 Å². The molecular formula is C16H21BrN8O. The number of nitrogen functional groups attached to an aromatic ring is 1. The van der Waals surface area contributed by atoms with E-state index in [2.05, 4.69) is 59.1 Å². The predicted molar refractivity (Wildman–Crippen MR) is 104 cm³/mol. The third-order valence-electron chi connectivity index (χ3n) is 4.05. The predicted octanol–water partition coefficient (Wildman–Crippen LogP) is 1.15. The second-order valence-electron chi connectivity index (χ2n) is 5.97. The van der Waals surface area contributed by atoms with Crippen LogP contribution in [0, 0.1) is 0 Å². The van der Waals surface area contributed by atoms with Crippen LogP contribution in [-0.4, -0.2) is 59.0 Å². The fourth-order valence-electron chi connectivity index (χ4n) is 2.44. The molecule has 2 heterocycles. The molecule has 2 aromatic rings. The number of aromatic nitrogens is 2. The molecule has 0 atom stereocenters. The molecule has 1 amide bonds. The van der Waals surface area contributed by atoms with Crippen molar-refractivity contribution < 1.29 is 4.79 Å². The SMILES string of the molecule is CN1CCN(Nc2ncnc(NNC(=O)c3ccc(Br)cc3)c2N)CC1. The lowest BCUT2D eigenvalue weighted by Crippen LogP contribution is -2.47. The summed E-state index contributed by atoms with van der Waals surface area (Å²) in [6.45, 7) is 3.66. The molecule has 10 heteroatoms. The smallest absolute Gasteiger partial charge is 0.269 e. The zero-order valence-corrected chi connectivity index (χ0v) is 16.0. The van der Waals surface area contributed by atoms with Crippen LogP contribution in [-0.2, 0) is 0 Å². The number of nitrogens with one attached hydrogen (secondary N) is 3. The summed E-state index contributed by atoms with van der Waals surface area (Å²) < 4.78 is 0.904. The first-order valence-electron chi connectivity index (χ1n) is 8.15. The van der Waals surface area contributed by atoms with E-state index in [0.717, 1.165) is 30.7 Å². The minimum atomic E-state index is -0.288. The molecule has 5 N–H and O–H groups in total. The standard InChI is InChI=1S/C16H21BrN8O/c1-24-6-8-25(9-7-24)23-15-13(18)14(19-10-20-15)21-22-16(26)11-2-4-12(17)5-3-11/h2-5,10H,6-9,18H2,1H3,(H,22,26)(H2,19,20,21,23). The molecule has 1 fully saturated rings. The Kier molecular flexibility index (Phi) is 5.86. The first kappa shape index (κ1) is 18.4. The molecule has 0 bridgehead atoms. The van der Waals surface area contributed by atoms with E-state index in [4.69, 9.17) is 5.73 Å². The van der Waals surface area contributed by atoms with Gasteiger partial charge in [-0.15, -0.1) is 0 Å².